The molecule has 1 aromatic rings. The molecule has 3 nitrogen and oxygen atoms in total. The summed E-state index contributed by atoms with van der Waals surface area (Å²) in [6.07, 6.45) is 6.55. The van der Waals surface area contributed by atoms with Crippen LogP contribution in [-0.4, -0.2) is 18.3 Å². The first-order chi connectivity index (χ1) is 9.19. The number of nitrogens with one attached hydrogen (secondary N) is 1. The molecule has 106 valence electrons. The molecule has 2 unspecified atom stereocenters. The molecule has 2 N–H and O–H groups in total. The molecule has 0 aromatic heterocycles. The first kappa shape index (κ1) is 14.2. The van der Waals surface area contributed by atoms with E-state index in [2.05, 4.69) is 12.2 Å². The second-order valence-corrected chi connectivity index (χ2v) is 5.70. The second-order valence-electron chi connectivity index (χ2n) is 5.70. The van der Waals surface area contributed by atoms with Gasteiger partial charge in [0.05, 0.1) is 7.11 Å². The first-order valence-electron chi connectivity index (χ1n) is 7.28. The summed E-state index contributed by atoms with van der Waals surface area (Å²) in [6, 6.07) is 6.23. The number of aromatic hydroxyl groups is 1. The molecule has 0 amide bonds. The van der Waals surface area contributed by atoms with E-state index in [9.17, 15) is 5.11 Å². The number of ether oxygens (including phenoxy) is 1. The van der Waals surface area contributed by atoms with E-state index in [-0.39, 0.29) is 5.75 Å². The quantitative estimate of drug-likeness (QED) is 0.817. The van der Waals surface area contributed by atoms with E-state index < -0.39 is 0 Å². The lowest BCUT2D eigenvalue weighted by Gasteiger charge is -2.16. The Hall–Kier alpha value is -1.22. The zero-order valence-electron chi connectivity index (χ0n) is 12.0. The van der Waals surface area contributed by atoms with Crippen molar-refractivity contribution < 1.29 is 9.84 Å². The van der Waals surface area contributed by atoms with Gasteiger partial charge in [0.15, 0.2) is 11.5 Å². The van der Waals surface area contributed by atoms with Gasteiger partial charge in [-0.3, -0.25) is 0 Å². The third-order valence-corrected chi connectivity index (χ3v) is 4.10. The van der Waals surface area contributed by atoms with Gasteiger partial charge in [-0.15, -0.1) is 0 Å². The highest BCUT2D eigenvalue weighted by atomic mass is 16.5. The highest BCUT2D eigenvalue weighted by molar-refractivity contribution is 5.41. The van der Waals surface area contributed by atoms with Crippen LogP contribution in [0.2, 0.25) is 0 Å². The molecule has 0 bridgehead atoms. The van der Waals surface area contributed by atoms with Crippen molar-refractivity contribution in [2.24, 2.45) is 5.92 Å². The van der Waals surface area contributed by atoms with Crippen molar-refractivity contribution in [1.82, 2.24) is 5.32 Å². The molecule has 1 aliphatic rings. The van der Waals surface area contributed by atoms with Crippen molar-refractivity contribution in [2.45, 2.75) is 51.6 Å². The van der Waals surface area contributed by atoms with Gasteiger partial charge in [0.25, 0.3) is 0 Å². The average Bonchev–Trinajstić information content (AvgIpc) is 2.61. The van der Waals surface area contributed by atoms with Gasteiger partial charge in [-0.05, 0) is 42.9 Å². The largest absolute Gasteiger partial charge is 0.504 e. The number of phenols is 1. The van der Waals surface area contributed by atoms with Gasteiger partial charge in [0.1, 0.15) is 0 Å². The van der Waals surface area contributed by atoms with Crippen LogP contribution >= 0.6 is 0 Å². The Morgan fingerprint density at radius 3 is 2.84 bits per heavy atom. The lowest BCUT2D eigenvalue weighted by molar-refractivity contribution is 0.372. The van der Waals surface area contributed by atoms with Gasteiger partial charge in [0.2, 0.25) is 0 Å². The molecule has 1 saturated carbocycles. The molecule has 0 aliphatic heterocycles. The smallest absolute Gasteiger partial charge is 0.160 e. The molecule has 0 spiro atoms. The third-order valence-electron chi connectivity index (χ3n) is 4.10. The maximum Gasteiger partial charge on any atom is 0.160 e. The molecule has 1 aromatic carbocycles. The van der Waals surface area contributed by atoms with Crippen molar-refractivity contribution in [3.05, 3.63) is 23.8 Å². The van der Waals surface area contributed by atoms with Crippen molar-refractivity contribution in [3.8, 4) is 11.5 Å². The molecule has 0 saturated heterocycles. The van der Waals surface area contributed by atoms with E-state index in [1.165, 1.54) is 32.1 Å². The van der Waals surface area contributed by atoms with Crippen molar-refractivity contribution in [1.29, 1.82) is 0 Å². The highest BCUT2D eigenvalue weighted by Gasteiger charge is 2.15. The van der Waals surface area contributed by atoms with Crippen LogP contribution in [0.15, 0.2) is 18.2 Å². The summed E-state index contributed by atoms with van der Waals surface area (Å²) >= 11 is 0. The molecule has 0 heterocycles. The molecular weight excluding hydrogens is 238 g/mol. The topological polar surface area (TPSA) is 41.5 Å². The summed E-state index contributed by atoms with van der Waals surface area (Å²) in [5.74, 6) is 1.63. The zero-order valence-corrected chi connectivity index (χ0v) is 12.0. The van der Waals surface area contributed by atoms with Gasteiger partial charge < -0.3 is 15.2 Å². The van der Waals surface area contributed by atoms with Gasteiger partial charge in [-0.1, -0.05) is 25.8 Å². The molecular formula is C16H25NO2. The summed E-state index contributed by atoms with van der Waals surface area (Å²) in [5.41, 5.74) is 1.11. The number of phenolic OH excluding ortho intramolecular Hbond substituents is 1. The van der Waals surface area contributed by atoms with Crippen LogP contribution in [0.4, 0.5) is 0 Å². The predicted octanol–water partition coefficient (Wildman–Crippen LogP) is 3.46. The van der Waals surface area contributed by atoms with E-state index in [4.69, 9.17) is 4.74 Å². The lowest BCUT2D eigenvalue weighted by Crippen LogP contribution is -2.27. The molecule has 2 rings (SSSR count). The number of hydrogen-bond acceptors (Lipinski definition) is 3. The Morgan fingerprint density at radius 2 is 2.11 bits per heavy atom. The Labute approximate surface area is 116 Å². The Kier molecular flexibility index (Phi) is 5.08. The van der Waals surface area contributed by atoms with Crippen LogP contribution in [0, 0.1) is 5.92 Å². The van der Waals surface area contributed by atoms with Gasteiger partial charge >= 0.3 is 0 Å². The summed E-state index contributed by atoms with van der Waals surface area (Å²) in [5, 5.41) is 13.4. The van der Waals surface area contributed by atoms with Gasteiger partial charge in [-0.25, -0.2) is 0 Å². The fourth-order valence-corrected chi connectivity index (χ4v) is 2.80. The summed E-state index contributed by atoms with van der Waals surface area (Å²) in [4.78, 5) is 0. The monoisotopic (exact) mass is 263 g/mol. The minimum atomic E-state index is 0.219. The SMILES string of the molecule is COc1ccc(CNC2CCCC(C)CC2)cc1O. The van der Waals surface area contributed by atoms with Crippen LogP contribution in [0.3, 0.4) is 0 Å². The second kappa shape index (κ2) is 6.80. The minimum absolute atomic E-state index is 0.219. The van der Waals surface area contributed by atoms with Crippen LogP contribution in [0.5, 0.6) is 11.5 Å². The standard InChI is InChI=1S/C16H25NO2/c1-12-4-3-5-14(8-6-12)17-11-13-7-9-16(19-2)15(18)10-13/h7,9-10,12,14,17-18H,3-6,8,11H2,1-2H3. The summed E-state index contributed by atoms with van der Waals surface area (Å²) in [7, 11) is 1.57. The van der Waals surface area contributed by atoms with E-state index in [1.54, 1.807) is 13.2 Å². The predicted molar refractivity (Wildman–Crippen MR) is 77.5 cm³/mol. The fraction of sp³-hybridized carbons (Fsp3) is 0.625. The molecule has 19 heavy (non-hydrogen) atoms. The Bertz CT molecular complexity index is 406. The molecule has 3 heteroatoms. The third kappa shape index (κ3) is 4.13. The zero-order chi connectivity index (χ0) is 13.7. The molecule has 0 radical (unpaired) electrons. The number of rotatable bonds is 4. The van der Waals surface area contributed by atoms with E-state index >= 15 is 0 Å². The van der Waals surface area contributed by atoms with Crippen molar-refractivity contribution >= 4 is 0 Å². The summed E-state index contributed by atoms with van der Waals surface area (Å²) in [6.45, 7) is 3.17. The van der Waals surface area contributed by atoms with Crippen LogP contribution < -0.4 is 10.1 Å². The van der Waals surface area contributed by atoms with Crippen molar-refractivity contribution in [2.75, 3.05) is 7.11 Å². The lowest BCUT2D eigenvalue weighted by atomic mass is 10.0. The van der Waals surface area contributed by atoms with E-state index in [0.717, 1.165) is 18.0 Å². The normalized spacial score (nSPS) is 23.9. The number of hydrogen-bond donors (Lipinski definition) is 2. The van der Waals surface area contributed by atoms with Crippen LogP contribution in [0.1, 0.15) is 44.6 Å². The van der Waals surface area contributed by atoms with Crippen LogP contribution in [0.25, 0.3) is 0 Å². The van der Waals surface area contributed by atoms with Crippen molar-refractivity contribution in [3.63, 3.8) is 0 Å². The molecule has 1 fully saturated rings. The molecule has 2 atom stereocenters. The number of benzene rings is 1. The maximum absolute atomic E-state index is 9.76. The highest BCUT2D eigenvalue weighted by Crippen LogP contribution is 2.27. The summed E-state index contributed by atoms with van der Waals surface area (Å²) < 4.78 is 5.05. The van der Waals surface area contributed by atoms with Gasteiger partial charge in [-0.2, -0.15) is 0 Å². The van der Waals surface area contributed by atoms with E-state index in [1.807, 2.05) is 12.1 Å². The van der Waals surface area contributed by atoms with E-state index in [0.29, 0.717) is 11.8 Å². The minimum Gasteiger partial charge on any atom is -0.504 e. The average molecular weight is 263 g/mol. The fourth-order valence-electron chi connectivity index (χ4n) is 2.80. The number of methoxy groups -OCH3 is 1. The van der Waals surface area contributed by atoms with Gasteiger partial charge in [0, 0.05) is 12.6 Å². The maximum atomic E-state index is 9.76. The Morgan fingerprint density at radius 1 is 1.26 bits per heavy atom. The Balaban J connectivity index is 1.86. The molecule has 1 aliphatic carbocycles. The van der Waals surface area contributed by atoms with Crippen LogP contribution in [-0.2, 0) is 6.54 Å². The first-order valence-corrected chi connectivity index (χ1v) is 7.28.